The second kappa shape index (κ2) is 6.15. The molecule has 2 aliphatic heterocycles. The summed E-state index contributed by atoms with van der Waals surface area (Å²) in [5.41, 5.74) is 8.64. The van der Waals surface area contributed by atoms with Crippen molar-refractivity contribution in [1.29, 1.82) is 0 Å². The highest BCUT2D eigenvalue weighted by molar-refractivity contribution is 5.41. The first-order chi connectivity index (χ1) is 9.81. The third kappa shape index (κ3) is 2.70. The molecule has 1 aromatic carbocycles. The lowest BCUT2D eigenvalue weighted by molar-refractivity contribution is 0.122. The highest BCUT2D eigenvalue weighted by atomic mass is 16.5. The van der Waals surface area contributed by atoms with Crippen molar-refractivity contribution in [2.75, 3.05) is 26.2 Å². The lowest BCUT2D eigenvalue weighted by atomic mass is 9.93. The Balaban J connectivity index is 1.78. The molecule has 1 aromatic rings. The van der Waals surface area contributed by atoms with Crippen LogP contribution < -0.4 is 10.5 Å². The minimum atomic E-state index is 0.513. The quantitative estimate of drug-likeness (QED) is 0.917. The van der Waals surface area contributed by atoms with Crippen molar-refractivity contribution in [1.82, 2.24) is 4.90 Å². The topological polar surface area (TPSA) is 38.5 Å². The summed E-state index contributed by atoms with van der Waals surface area (Å²) in [6.07, 6.45) is 4.78. The van der Waals surface area contributed by atoms with E-state index in [0.29, 0.717) is 12.0 Å². The molecule has 2 aliphatic rings. The molecule has 1 fully saturated rings. The molecule has 20 heavy (non-hydrogen) atoms. The molecule has 2 atom stereocenters. The van der Waals surface area contributed by atoms with Crippen LogP contribution >= 0.6 is 0 Å². The molecule has 1 saturated heterocycles. The van der Waals surface area contributed by atoms with E-state index in [1.165, 1.54) is 30.5 Å². The summed E-state index contributed by atoms with van der Waals surface area (Å²) in [4.78, 5) is 2.62. The minimum absolute atomic E-state index is 0.513. The molecule has 2 unspecified atom stereocenters. The molecular weight excluding hydrogens is 248 g/mol. The lowest BCUT2D eigenvalue weighted by Crippen LogP contribution is -2.40. The van der Waals surface area contributed by atoms with Crippen LogP contribution in [0.5, 0.6) is 5.75 Å². The normalized spacial score (nSPS) is 24.2. The van der Waals surface area contributed by atoms with Gasteiger partial charge in [0.15, 0.2) is 0 Å². The SMILES string of the molecule is CCC(c1ccc2c(c1)OCC2)N1CCCC(CN)C1. The van der Waals surface area contributed by atoms with Crippen molar-refractivity contribution >= 4 is 0 Å². The molecule has 0 bridgehead atoms. The highest BCUT2D eigenvalue weighted by Crippen LogP contribution is 2.34. The molecule has 0 saturated carbocycles. The van der Waals surface area contributed by atoms with Gasteiger partial charge in [0.05, 0.1) is 6.61 Å². The van der Waals surface area contributed by atoms with Crippen LogP contribution in [-0.4, -0.2) is 31.1 Å². The van der Waals surface area contributed by atoms with Crippen LogP contribution in [0, 0.1) is 5.92 Å². The van der Waals surface area contributed by atoms with Crippen molar-refractivity contribution in [3.8, 4) is 5.75 Å². The maximum Gasteiger partial charge on any atom is 0.122 e. The molecule has 2 N–H and O–H groups in total. The zero-order valence-electron chi connectivity index (χ0n) is 12.5. The van der Waals surface area contributed by atoms with Crippen molar-refractivity contribution in [3.63, 3.8) is 0 Å². The number of rotatable bonds is 4. The minimum Gasteiger partial charge on any atom is -0.493 e. The number of nitrogens with two attached hydrogens (primary N) is 1. The van der Waals surface area contributed by atoms with E-state index in [2.05, 4.69) is 30.0 Å². The Bertz CT molecular complexity index is 460. The lowest BCUT2D eigenvalue weighted by Gasteiger charge is -2.38. The molecule has 2 heterocycles. The summed E-state index contributed by atoms with van der Waals surface area (Å²) in [5, 5.41) is 0. The Morgan fingerprint density at radius 3 is 3.15 bits per heavy atom. The van der Waals surface area contributed by atoms with Gasteiger partial charge in [0.2, 0.25) is 0 Å². The van der Waals surface area contributed by atoms with Gasteiger partial charge in [-0.05, 0) is 55.5 Å². The largest absolute Gasteiger partial charge is 0.493 e. The van der Waals surface area contributed by atoms with Gasteiger partial charge < -0.3 is 10.5 Å². The van der Waals surface area contributed by atoms with Gasteiger partial charge in [-0.2, -0.15) is 0 Å². The number of nitrogens with zero attached hydrogens (tertiary/aromatic N) is 1. The van der Waals surface area contributed by atoms with Gasteiger partial charge in [-0.1, -0.05) is 19.1 Å². The van der Waals surface area contributed by atoms with Crippen molar-refractivity contribution in [3.05, 3.63) is 29.3 Å². The summed E-state index contributed by atoms with van der Waals surface area (Å²) in [6.45, 7) is 6.29. The van der Waals surface area contributed by atoms with E-state index in [1.807, 2.05) is 0 Å². The van der Waals surface area contributed by atoms with Gasteiger partial charge >= 0.3 is 0 Å². The number of hydrogen-bond donors (Lipinski definition) is 1. The highest BCUT2D eigenvalue weighted by Gasteiger charge is 2.26. The molecule has 0 aliphatic carbocycles. The van der Waals surface area contributed by atoms with Gasteiger partial charge in [-0.25, -0.2) is 0 Å². The molecule has 110 valence electrons. The van der Waals surface area contributed by atoms with Gasteiger partial charge in [-0.15, -0.1) is 0 Å². The van der Waals surface area contributed by atoms with Crippen LogP contribution in [0.25, 0.3) is 0 Å². The van der Waals surface area contributed by atoms with E-state index in [9.17, 15) is 0 Å². The molecule has 0 spiro atoms. The second-order valence-corrected chi connectivity index (χ2v) is 6.13. The van der Waals surface area contributed by atoms with Crippen molar-refractivity contribution in [2.24, 2.45) is 11.7 Å². The van der Waals surface area contributed by atoms with Crippen molar-refractivity contribution < 1.29 is 4.74 Å². The van der Waals surface area contributed by atoms with Crippen LogP contribution in [0.4, 0.5) is 0 Å². The second-order valence-electron chi connectivity index (χ2n) is 6.13. The Kier molecular flexibility index (Phi) is 4.27. The van der Waals surface area contributed by atoms with Gasteiger partial charge in [0.25, 0.3) is 0 Å². The average molecular weight is 274 g/mol. The number of likely N-dealkylation sites (tertiary alicyclic amines) is 1. The van der Waals surface area contributed by atoms with E-state index < -0.39 is 0 Å². The van der Waals surface area contributed by atoms with Crippen molar-refractivity contribution in [2.45, 2.75) is 38.6 Å². The zero-order valence-corrected chi connectivity index (χ0v) is 12.5. The van der Waals surface area contributed by atoms with Crippen LogP contribution in [0.3, 0.4) is 0 Å². The van der Waals surface area contributed by atoms with Crippen LogP contribution in [0.1, 0.15) is 43.4 Å². The Morgan fingerprint density at radius 2 is 2.35 bits per heavy atom. The predicted molar refractivity (Wildman–Crippen MR) is 82.0 cm³/mol. The Labute approximate surface area is 122 Å². The van der Waals surface area contributed by atoms with E-state index >= 15 is 0 Å². The molecule has 0 radical (unpaired) electrons. The van der Waals surface area contributed by atoms with E-state index in [1.54, 1.807) is 0 Å². The fourth-order valence-corrected chi connectivity index (χ4v) is 3.67. The monoisotopic (exact) mass is 274 g/mol. The number of piperidine rings is 1. The standard InChI is InChI=1S/C17H26N2O/c1-2-16(19-8-3-4-13(11-18)12-19)15-6-5-14-7-9-20-17(14)10-15/h5-6,10,13,16H,2-4,7-9,11-12,18H2,1H3. The molecular formula is C17H26N2O. The van der Waals surface area contributed by atoms with Gasteiger partial charge in [-0.3, -0.25) is 4.90 Å². The fourth-order valence-electron chi connectivity index (χ4n) is 3.67. The first-order valence-corrected chi connectivity index (χ1v) is 8.01. The Morgan fingerprint density at radius 1 is 1.45 bits per heavy atom. The average Bonchev–Trinajstić information content (AvgIpc) is 2.96. The molecule has 3 rings (SSSR count). The summed E-state index contributed by atoms with van der Waals surface area (Å²) in [7, 11) is 0. The molecule has 3 heteroatoms. The third-order valence-corrected chi connectivity index (χ3v) is 4.82. The molecule has 3 nitrogen and oxygen atoms in total. The smallest absolute Gasteiger partial charge is 0.122 e. The number of fused-ring (bicyclic) bond motifs is 1. The van der Waals surface area contributed by atoms with E-state index in [-0.39, 0.29) is 0 Å². The fraction of sp³-hybridized carbons (Fsp3) is 0.647. The van der Waals surface area contributed by atoms with Crippen LogP contribution in [0.15, 0.2) is 18.2 Å². The number of ether oxygens (including phenoxy) is 1. The van der Waals surface area contributed by atoms with E-state index in [4.69, 9.17) is 10.5 Å². The first kappa shape index (κ1) is 13.9. The van der Waals surface area contributed by atoms with Gasteiger partial charge in [0, 0.05) is 19.0 Å². The molecule has 0 amide bonds. The molecule has 0 aromatic heterocycles. The number of hydrogen-bond acceptors (Lipinski definition) is 3. The zero-order chi connectivity index (χ0) is 13.9. The maximum absolute atomic E-state index is 5.87. The maximum atomic E-state index is 5.87. The Hall–Kier alpha value is -1.06. The van der Waals surface area contributed by atoms with Crippen LogP contribution in [-0.2, 0) is 6.42 Å². The van der Waals surface area contributed by atoms with Gasteiger partial charge in [0.1, 0.15) is 5.75 Å². The third-order valence-electron chi connectivity index (χ3n) is 4.82. The predicted octanol–water partition coefficient (Wildman–Crippen LogP) is 2.74. The summed E-state index contributed by atoms with van der Waals surface area (Å²) in [5.74, 6) is 1.77. The first-order valence-electron chi connectivity index (χ1n) is 8.01. The summed E-state index contributed by atoms with van der Waals surface area (Å²) >= 11 is 0. The van der Waals surface area contributed by atoms with E-state index in [0.717, 1.165) is 38.3 Å². The number of benzene rings is 1. The summed E-state index contributed by atoms with van der Waals surface area (Å²) < 4.78 is 5.72. The summed E-state index contributed by atoms with van der Waals surface area (Å²) in [6, 6.07) is 7.33. The van der Waals surface area contributed by atoms with Crippen LogP contribution in [0.2, 0.25) is 0 Å².